The van der Waals surface area contributed by atoms with Crippen LogP contribution >= 0.6 is 0 Å². The van der Waals surface area contributed by atoms with Crippen LogP contribution in [0, 0.1) is 17.0 Å². The number of aromatic carboxylic acids is 1. The molecule has 8 nitrogen and oxygen atoms in total. The maximum absolute atomic E-state index is 11.2. The molecule has 0 aliphatic carbocycles. The minimum absolute atomic E-state index is 0.0800. The number of carboxylic acids is 1. The maximum atomic E-state index is 11.2. The fraction of sp³-hybridized carbons (Fsp3) is 0.154. The third-order valence-electron chi connectivity index (χ3n) is 2.91. The molecular weight excluding hydrogens is 276 g/mol. The molecular formula is C13H12N4O4. The highest BCUT2D eigenvalue weighted by Crippen LogP contribution is 2.20. The quantitative estimate of drug-likeness (QED) is 0.638. The molecule has 108 valence electrons. The van der Waals surface area contributed by atoms with Crippen LogP contribution in [0.25, 0.3) is 0 Å². The van der Waals surface area contributed by atoms with E-state index in [-0.39, 0.29) is 17.1 Å². The molecule has 0 radical (unpaired) electrons. The number of anilines is 1. The van der Waals surface area contributed by atoms with E-state index >= 15 is 0 Å². The lowest BCUT2D eigenvalue weighted by molar-refractivity contribution is -0.385. The summed E-state index contributed by atoms with van der Waals surface area (Å²) in [7, 11) is 0. The number of aryl methyl sites for hydroxylation is 1. The fourth-order valence-electron chi connectivity index (χ4n) is 1.72. The molecule has 21 heavy (non-hydrogen) atoms. The predicted octanol–water partition coefficient (Wildman–Crippen LogP) is 2.00. The predicted molar refractivity (Wildman–Crippen MR) is 74.2 cm³/mol. The monoisotopic (exact) mass is 288 g/mol. The van der Waals surface area contributed by atoms with E-state index in [0.717, 1.165) is 23.4 Å². The van der Waals surface area contributed by atoms with Crippen molar-refractivity contribution in [3.63, 3.8) is 0 Å². The zero-order valence-electron chi connectivity index (χ0n) is 11.1. The zero-order chi connectivity index (χ0) is 15.4. The van der Waals surface area contributed by atoms with Gasteiger partial charge < -0.3 is 10.4 Å². The van der Waals surface area contributed by atoms with E-state index in [1.807, 2.05) is 13.0 Å². The van der Waals surface area contributed by atoms with E-state index in [0.29, 0.717) is 6.54 Å². The summed E-state index contributed by atoms with van der Waals surface area (Å²) in [6.45, 7) is 2.23. The zero-order valence-corrected chi connectivity index (χ0v) is 11.1. The Labute approximate surface area is 119 Å². The average Bonchev–Trinajstić information content (AvgIpc) is 2.46. The van der Waals surface area contributed by atoms with Gasteiger partial charge in [0.25, 0.3) is 5.69 Å². The van der Waals surface area contributed by atoms with Crippen LogP contribution < -0.4 is 5.32 Å². The smallest absolute Gasteiger partial charge is 0.339 e. The summed E-state index contributed by atoms with van der Waals surface area (Å²) in [6.07, 6.45) is 4.34. The molecule has 0 amide bonds. The lowest BCUT2D eigenvalue weighted by Gasteiger charge is -2.09. The van der Waals surface area contributed by atoms with Crippen molar-refractivity contribution < 1.29 is 14.8 Å². The van der Waals surface area contributed by atoms with Crippen molar-refractivity contribution in [1.29, 1.82) is 0 Å². The fourth-order valence-corrected chi connectivity index (χ4v) is 1.72. The largest absolute Gasteiger partial charge is 0.478 e. The van der Waals surface area contributed by atoms with Gasteiger partial charge in [0.2, 0.25) is 0 Å². The summed E-state index contributed by atoms with van der Waals surface area (Å²) in [6, 6.07) is 2.81. The van der Waals surface area contributed by atoms with Crippen molar-refractivity contribution in [2.75, 3.05) is 5.32 Å². The highest BCUT2D eigenvalue weighted by atomic mass is 16.6. The van der Waals surface area contributed by atoms with E-state index in [2.05, 4.69) is 15.3 Å². The second-order valence-electron chi connectivity index (χ2n) is 4.31. The molecule has 8 heteroatoms. The molecule has 2 N–H and O–H groups in total. The number of carboxylic acid groups (broad SMARTS) is 1. The van der Waals surface area contributed by atoms with Crippen molar-refractivity contribution in [1.82, 2.24) is 9.97 Å². The number of carbonyl (C=O) groups is 1. The van der Waals surface area contributed by atoms with Gasteiger partial charge in [-0.05, 0) is 24.1 Å². The Kier molecular flexibility index (Phi) is 4.07. The summed E-state index contributed by atoms with van der Waals surface area (Å²) < 4.78 is 0. The Hall–Kier alpha value is -3.03. The van der Waals surface area contributed by atoms with Crippen molar-refractivity contribution in [2.45, 2.75) is 13.5 Å². The Morgan fingerprint density at radius 2 is 2.24 bits per heavy atom. The van der Waals surface area contributed by atoms with Gasteiger partial charge in [0.1, 0.15) is 17.6 Å². The van der Waals surface area contributed by atoms with Crippen molar-refractivity contribution >= 4 is 17.5 Å². The van der Waals surface area contributed by atoms with Gasteiger partial charge >= 0.3 is 5.97 Å². The van der Waals surface area contributed by atoms with Gasteiger partial charge in [-0.2, -0.15) is 0 Å². The van der Waals surface area contributed by atoms with E-state index in [1.165, 1.54) is 0 Å². The number of rotatable bonds is 5. The highest BCUT2D eigenvalue weighted by molar-refractivity contribution is 5.93. The summed E-state index contributed by atoms with van der Waals surface area (Å²) >= 11 is 0. The van der Waals surface area contributed by atoms with Gasteiger partial charge in [-0.15, -0.1) is 0 Å². The summed E-state index contributed by atoms with van der Waals surface area (Å²) in [4.78, 5) is 28.9. The molecule has 0 saturated heterocycles. The molecule has 0 bridgehead atoms. The van der Waals surface area contributed by atoms with Gasteiger partial charge in [0.05, 0.1) is 4.92 Å². The molecule has 2 heterocycles. The van der Waals surface area contributed by atoms with Crippen LogP contribution in [-0.2, 0) is 6.54 Å². The van der Waals surface area contributed by atoms with Crippen molar-refractivity contribution in [3.05, 3.63) is 57.5 Å². The van der Waals surface area contributed by atoms with Gasteiger partial charge in [-0.3, -0.25) is 15.1 Å². The van der Waals surface area contributed by atoms with E-state index in [9.17, 15) is 14.9 Å². The van der Waals surface area contributed by atoms with E-state index in [1.54, 1.807) is 12.4 Å². The third kappa shape index (κ3) is 3.30. The molecule has 0 unspecified atom stereocenters. The first-order valence-corrected chi connectivity index (χ1v) is 6.00. The number of nitrogens with one attached hydrogen (secondary N) is 1. The minimum Gasteiger partial charge on any atom is -0.478 e. The molecule has 0 aliphatic heterocycles. The van der Waals surface area contributed by atoms with E-state index < -0.39 is 10.9 Å². The topological polar surface area (TPSA) is 118 Å². The Morgan fingerprint density at radius 3 is 2.86 bits per heavy atom. The van der Waals surface area contributed by atoms with Crippen LogP contribution in [0.5, 0.6) is 0 Å². The molecule has 2 rings (SSSR count). The summed E-state index contributed by atoms with van der Waals surface area (Å²) in [5.41, 5.74) is 1.27. The molecule has 0 fully saturated rings. The number of aromatic nitrogens is 2. The van der Waals surface area contributed by atoms with Crippen LogP contribution in [0.3, 0.4) is 0 Å². The Balaban J connectivity index is 2.26. The Bertz CT molecular complexity index is 702. The third-order valence-corrected chi connectivity index (χ3v) is 2.91. The van der Waals surface area contributed by atoms with Gasteiger partial charge in [-0.1, -0.05) is 0 Å². The van der Waals surface area contributed by atoms with E-state index in [4.69, 9.17) is 5.11 Å². The molecule has 0 saturated carbocycles. The number of hydrogen-bond donors (Lipinski definition) is 2. The minimum atomic E-state index is -1.28. The second-order valence-corrected chi connectivity index (χ2v) is 4.31. The number of nitro groups is 1. The van der Waals surface area contributed by atoms with Crippen LogP contribution in [0.4, 0.5) is 11.5 Å². The average molecular weight is 288 g/mol. The number of hydrogen-bond acceptors (Lipinski definition) is 6. The standard InChI is InChI=1S/C13H12N4O4/c1-8-2-3-14-5-9(8)6-15-12-11(13(18)19)4-10(7-16-12)17(20)21/h2-5,7H,6H2,1H3,(H,15,16)(H,18,19). The van der Waals surface area contributed by atoms with Crippen LogP contribution in [-0.4, -0.2) is 26.0 Å². The first-order chi connectivity index (χ1) is 9.99. The van der Waals surface area contributed by atoms with Crippen LogP contribution in [0.1, 0.15) is 21.5 Å². The molecule has 0 spiro atoms. The second kappa shape index (κ2) is 5.95. The van der Waals surface area contributed by atoms with Gasteiger partial charge in [0.15, 0.2) is 0 Å². The molecule has 0 aromatic carbocycles. The normalized spacial score (nSPS) is 10.1. The number of nitrogens with zero attached hydrogens (tertiary/aromatic N) is 3. The maximum Gasteiger partial charge on any atom is 0.339 e. The molecule has 0 atom stereocenters. The van der Waals surface area contributed by atoms with Crippen molar-refractivity contribution in [2.24, 2.45) is 0 Å². The van der Waals surface area contributed by atoms with Gasteiger partial charge in [0, 0.05) is 25.0 Å². The molecule has 2 aromatic heterocycles. The molecule has 2 aromatic rings. The van der Waals surface area contributed by atoms with Crippen LogP contribution in [0.15, 0.2) is 30.7 Å². The summed E-state index contributed by atoms with van der Waals surface area (Å²) in [5, 5.41) is 22.6. The number of pyridine rings is 2. The Morgan fingerprint density at radius 1 is 1.48 bits per heavy atom. The lowest BCUT2D eigenvalue weighted by Crippen LogP contribution is -2.10. The lowest BCUT2D eigenvalue weighted by atomic mass is 10.1. The van der Waals surface area contributed by atoms with Crippen LogP contribution in [0.2, 0.25) is 0 Å². The first-order valence-electron chi connectivity index (χ1n) is 6.00. The summed E-state index contributed by atoms with van der Waals surface area (Å²) in [5.74, 6) is -1.20. The SMILES string of the molecule is Cc1ccncc1CNc1ncc([N+](=O)[O-])cc1C(=O)O. The molecule has 0 aliphatic rings. The van der Waals surface area contributed by atoms with Gasteiger partial charge in [-0.25, -0.2) is 9.78 Å². The van der Waals surface area contributed by atoms with Crippen molar-refractivity contribution in [3.8, 4) is 0 Å². The first kappa shape index (κ1) is 14.4. The highest BCUT2D eigenvalue weighted by Gasteiger charge is 2.17.